The minimum absolute atomic E-state index is 0.870. The van der Waals surface area contributed by atoms with Gasteiger partial charge in [0.2, 0.25) is 0 Å². The van der Waals surface area contributed by atoms with Crippen LogP contribution in [0.4, 0.5) is 0 Å². The average Bonchev–Trinajstić information content (AvgIpc) is 2.14. The maximum Gasteiger partial charge on any atom is -0.0208 e. The van der Waals surface area contributed by atoms with Gasteiger partial charge in [-0.15, -0.1) is 0 Å². The van der Waals surface area contributed by atoms with Gasteiger partial charge in [0.05, 0.1) is 0 Å². The fraction of sp³-hybridized carbons (Fsp3) is 0.750. The van der Waals surface area contributed by atoms with Gasteiger partial charge in [-0.3, -0.25) is 0 Å². The van der Waals surface area contributed by atoms with Crippen LogP contribution in [0.1, 0.15) is 32.6 Å². The van der Waals surface area contributed by atoms with Gasteiger partial charge in [0, 0.05) is 0 Å². The number of hydrogen-bond donors (Lipinski definition) is 0. The van der Waals surface area contributed by atoms with Gasteiger partial charge in [-0.2, -0.15) is 0 Å². The Morgan fingerprint density at radius 3 is 2.75 bits per heavy atom. The molecule has 0 aliphatic heterocycles. The van der Waals surface area contributed by atoms with E-state index >= 15 is 0 Å². The van der Waals surface area contributed by atoms with Crippen LogP contribution in [0, 0.1) is 5.92 Å². The van der Waals surface area contributed by atoms with Crippen LogP contribution >= 0.6 is 0 Å². The molecule has 0 heteroatoms. The van der Waals surface area contributed by atoms with Crippen LogP contribution in [0.3, 0.4) is 0 Å². The molecular weight excluding hydrogens is 96.1 g/mol. The van der Waals surface area contributed by atoms with Gasteiger partial charge in [-0.05, 0) is 31.6 Å². The molecule has 1 rings (SSSR count). The van der Waals surface area contributed by atoms with Gasteiger partial charge >= 0.3 is 0 Å². The van der Waals surface area contributed by atoms with Crippen molar-refractivity contribution in [3.63, 3.8) is 0 Å². The van der Waals surface area contributed by atoms with E-state index in [4.69, 9.17) is 0 Å². The molecule has 0 heterocycles. The largest absolute Gasteiger partial charge is 0.0996 e. The Kier molecular flexibility index (Phi) is 1.72. The van der Waals surface area contributed by atoms with Gasteiger partial charge in [-0.25, -0.2) is 0 Å². The molecule has 8 heavy (non-hydrogen) atoms. The fourth-order valence-electron chi connectivity index (χ4n) is 1.48. The van der Waals surface area contributed by atoms with E-state index in [0.29, 0.717) is 0 Å². The van der Waals surface area contributed by atoms with Crippen molar-refractivity contribution < 1.29 is 0 Å². The van der Waals surface area contributed by atoms with Crippen molar-refractivity contribution in [3.8, 4) is 0 Å². The summed E-state index contributed by atoms with van der Waals surface area (Å²) in [6.07, 6.45) is 5.38. The summed E-state index contributed by atoms with van der Waals surface area (Å²) in [5.41, 5.74) is 1.49. The molecule has 0 bridgehead atoms. The van der Waals surface area contributed by atoms with Crippen LogP contribution in [0.15, 0.2) is 12.2 Å². The lowest BCUT2D eigenvalue weighted by Crippen LogP contribution is -1.90. The van der Waals surface area contributed by atoms with Crippen LogP contribution in [-0.4, -0.2) is 0 Å². The van der Waals surface area contributed by atoms with Crippen molar-refractivity contribution in [2.75, 3.05) is 0 Å². The van der Waals surface area contributed by atoms with Crippen LogP contribution < -0.4 is 0 Å². The Hall–Kier alpha value is -0.260. The lowest BCUT2D eigenvalue weighted by Gasteiger charge is -2.04. The average molecular weight is 110 g/mol. The summed E-state index contributed by atoms with van der Waals surface area (Å²) in [5, 5.41) is 0. The molecule has 1 atom stereocenters. The van der Waals surface area contributed by atoms with Crippen LogP contribution in [0.2, 0.25) is 0 Å². The molecule has 1 fully saturated rings. The molecule has 0 N–H and O–H groups in total. The molecule has 0 aromatic carbocycles. The van der Waals surface area contributed by atoms with E-state index in [1.807, 2.05) is 0 Å². The summed E-state index contributed by atoms with van der Waals surface area (Å²) in [7, 11) is 0. The van der Waals surface area contributed by atoms with Crippen LogP contribution in [0.25, 0.3) is 0 Å². The third kappa shape index (κ3) is 0.936. The summed E-state index contributed by atoms with van der Waals surface area (Å²) >= 11 is 0. The van der Waals surface area contributed by atoms with Crippen molar-refractivity contribution in [3.05, 3.63) is 12.2 Å². The summed E-state index contributed by atoms with van der Waals surface area (Å²) in [6, 6.07) is 0. The van der Waals surface area contributed by atoms with Crippen molar-refractivity contribution in [2.45, 2.75) is 32.6 Å². The second-order valence-corrected chi connectivity index (χ2v) is 2.66. The summed E-state index contributed by atoms with van der Waals surface area (Å²) in [5.74, 6) is 0.870. The summed E-state index contributed by atoms with van der Waals surface area (Å²) in [4.78, 5) is 0. The third-order valence-electron chi connectivity index (χ3n) is 2.12. The van der Waals surface area contributed by atoms with E-state index in [0.717, 1.165) is 5.92 Å². The van der Waals surface area contributed by atoms with Crippen molar-refractivity contribution in [1.29, 1.82) is 0 Å². The first kappa shape index (κ1) is 5.87. The van der Waals surface area contributed by atoms with Gasteiger partial charge in [0.25, 0.3) is 0 Å². The van der Waals surface area contributed by atoms with E-state index in [1.165, 1.54) is 31.3 Å². The first-order valence-electron chi connectivity index (χ1n) is 3.52. The molecule has 0 aromatic heterocycles. The van der Waals surface area contributed by atoms with Crippen molar-refractivity contribution in [2.24, 2.45) is 5.92 Å². The molecule has 1 aliphatic rings. The normalized spacial score (nSPS) is 29.1. The molecule has 0 nitrogen and oxygen atoms in total. The molecule has 46 valence electrons. The SMILES string of the molecule is C=C1CCCC1CC. The monoisotopic (exact) mass is 110 g/mol. The molecule has 1 saturated carbocycles. The predicted octanol–water partition coefficient (Wildman–Crippen LogP) is 2.75. The minimum Gasteiger partial charge on any atom is -0.0996 e. The fourth-order valence-corrected chi connectivity index (χ4v) is 1.48. The summed E-state index contributed by atoms with van der Waals surface area (Å²) < 4.78 is 0. The Morgan fingerprint density at radius 1 is 1.75 bits per heavy atom. The molecule has 0 aromatic rings. The smallest absolute Gasteiger partial charge is 0.0208 e. The van der Waals surface area contributed by atoms with E-state index in [2.05, 4.69) is 13.5 Å². The topological polar surface area (TPSA) is 0 Å². The second kappa shape index (κ2) is 2.34. The van der Waals surface area contributed by atoms with Gasteiger partial charge in [0.1, 0.15) is 0 Å². The Labute approximate surface area is 51.6 Å². The Balaban J connectivity index is 2.42. The quantitative estimate of drug-likeness (QED) is 0.455. The Bertz CT molecular complexity index is 92.2. The first-order valence-corrected chi connectivity index (χ1v) is 3.52. The van der Waals surface area contributed by atoms with E-state index in [1.54, 1.807) is 0 Å². The zero-order valence-electron chi connectivity index (χ0n) is 5.61. The highest BCUT2D eigenvalue weighted by Gasteiger charge is 2.15. The van der Waals surface area contributed by atoms with Crippen LogP contribution in [0.5, 0.6) is 0 Å². The molecule has 1 unspecified atom stereocenters. The van der Waals surface area contributed by atoms with Crippen molar-refractivity contribution in [1.82, 2.24) is 0 Å². The molecule has 0 spiro atoms. The Morgan fingerprint density at radius 2 is 2.50 bits per heavy atom. The highest BCUT2D eigenvalue weighted by Crippen LogP contribution is 2.31. The standard InChI is InChI=1S/C8H14/c1-3-8-6-4-5-7(8)2/h8H,2-6H2,1H3. The highest BCUT2D eigenvalue weighted by atomic mass is 14.2. The molecular formula is C8H14. The second-order valence-electron chi connectivity index (χ2n) is 2.66. The molecule has 0 saturated heterocycles. The zero-order valence-corrected chi connectivity index (χ0v) is 5.61. The maximum atomic E-state index is 4.01. The number of allylic oxidation sites excluding steroid dienone is 1. The summed E-state index contributed by atoms with van der Waals surface area (Å²) in [6.45, 7) is 6.26. The van der Waals surface area contributed by atoms with Gasteiger partial charge in [0.15, 0.2) is 0 Å². The highest BCUT2D eigenvalue weighted by molar-refractivity contribution is 5.04. The zero-order chi connectivity index (χ0) is 5.98. The molecule has 0 amide bonds. The number of rotatable bonds is 1. The predicted molar refractivity (Wildman–Crippen MR) is 36.8 cm³/mol. The lowest BCUT2D eigenvalue weighted by atomic mass is 10.0. The maximum absolute atomic E-state index is 4.01. The third-order valence-corrected chi connectivity index (χ3v) is 2.12. The van der Waals surface area contributed by atoms with E-state index < -0.39 is 0 Å². The lowest BCUT2D eigenvalue weighted by molar-refractivity contribution is 0.607. The van der Waals surface area contributed by atoms with E-state index in [-0.39, 0.29) is 0 Å². The van der Waals surface area contributed by atoms with Crippen molar-refractivity contribution >= 4 is 0 Å². The first-order chi connectivity index (χ1) is 3.84. The minimum atomic E-state index is 0.870. The number of hydrogen-bond acceptors (Lipinski definition) is 0. The van der Waals surface area contributed by atoms with E-state index in [9.17, 15) is 0 Å². The van der Waals surface area contributed by atoms with Gasteiger partial charge in [-0.1, -0.05) is 19.1 Å². The van der Waals surface area contributed by atoms with Gasteiger partial charge < -0.3 is 0 Å². The van der Waals surface area contributed by atoms with Crippen LogP contribution in [-0.2, 0) is 0 Å². The molecule has 1 aliphatic carbocycles. The molecule has 0 radical (unpaired) electrons.